The minimum Gasteiger partial charge on any atom is -0.461 e. The number of carbonyl (C=O) groups is 1. The fourth-order valence-electron chi connectivity index (χ4n) is 3.23. The summed E-state index contributed by atoms with van der Waals surface area (Å²) in [7, 11) is 0. The number of allylic oxidation sites excluding steroid dienone is 1. The van der Waals surface area contributed by atoms with Gasteiger partial charge in [0.05, 0.1) is 13.2 Å². The molecule has 2 rings (SSSR count). The molecule has 0 aromatic heterocycles. The zero-order valence-electron chi connectivity index (χ0n) is 12.3. The van der Waals surface area contributed by atoms with Gasteiger partial charge >= 0.3 is 5.97 Å². The summed E-state index contributed by atoms with van der Waals surface area (Å²) in [5.74, 6) is 0.0934. The van der Waals surface area contributed by atoms with Gasteiger partial charge in [0, 0.05) is 12.8 Å². The summed E-state index contributed by atoms with van der Waals surface area (Å²) in [6.45, 7) is 9.73. The Morgan fingerprint density at radius 1 is 1.37 bits per heavy atom. The van der Waals surface area contributed by atoms with E-state index in [2.05, 4.69) is 20.8 Å². The fraction of sp³-hybridized carbons (Fsp3) is 0.800. The summed E-state index contributed by atoms with van der Waals surface area (Å²) in [5.41, 5.74) is 2.49. The lowest BCUT2D eigenvalue weighted by atomic mass is 9.65. The first-order valence-electron chi connectivity index (χ1n) is 6.98. The maximum Gasteiger partial charge on any atom is 0.302 e. The molecule has 1 aliphatic carbocycles. The molecule has 0 saturated carbocycles. The summed E-state index contributed by atoms with van der Waals surface area (Å²) in [6.07, 6.45) is 1.97. The van der Waals surface area contributed by atoms with E-state index in [1.165, 1.54) is 18.1 Å². The van der Waals surface area contributed by atoms with Gasteiger partial charge in [-0.25, -0.2) is 0 Å². The third-order valence-corrected chi connectivity index (χ3v) is 4.45. The van der Waals surface area contributed by atoms with E-state index < -0.39 is 0 Å². The van der Waals surface area contributed by atoms with Crippen molar-refractivity contribution < 1.29 is 19.0 Å². The van der Waals surface area contributed by atoms with Crippen molar-refractivity contribution in [2.75, 3.05) is 19.8 Å². The van der Waals surface area contributed by atoms with E-state index in [0.717, 1.165) is 12.8 Å². The Labute approximate surface area is 115 Å². The molecule has 0 N–H and O–H groups in total. The molecule has 4 nitrogen and oxygen atoms in total. The van der Waals surface area contributed by atoms with Gasteiger partial charge in [-0.3, -0.25) is 4.79 Å². The highest BCUT2D eigenvalue weighted by Crippen LogP contribution is 2.47. The number of rotatable bonds is 3. The molecule has 19 heavy (non-hydrogen) atoms. The van der Waals surface area contributed by atoms with Crippen molar-refractivity contribution in [1.29, 1.82) is 0 Å². The molecule has 0 aromatic carbocycles. The zero-order chi connectivity index (χ0) is 14.0. The van der Waals surface area contributed by atoms with Gasteiger partial charge in [0.25, 0.3) is 0 Å². The van der Waals surface area contributed by atoms with E-state index in [1.54, 1.807) is 0 Å². The third kappa shape index (κ3) is 3.00. The molecule has 1 aliphatic heterocycles. The van der Waals surface area contributed by atoms with Crippen LogP contribution in [0.2, 0.25) is 0 Å². The highest BCUT2D eigenvalue weighted by atomic mass is 16.7. The molecular formula is C15H24O4. The van der Waals surface area contributed by atoms with Crippen LogP contribution in [0, 0.1) is 11.3 Å². The predicted octanol–water partition coefficient (Wildman–Crippen LogP) is 2.68. The van der Waals surface area contributed by atoms with Crippen LogP contribution in [-0.4, -0.2) is 32.1 Å². The Kier molecular flexibility index (Phi) is 4.31. The number of hydrogen-bond donors (Lipinski definition) is 0. The Morgan fingerprint density at radius 3 is 2.58 bits per heavy atom. The largest absolute Gasteiger partial charge is 0.461 e. The van der Waals surface area contributed by atoms with Gasteiger partial charge in [-0.2, -0.15) is 0 Å². The summed E-state index contributed by atoms with van der Waals surface area (Å²) >= 11 is 0. The highest BCUT2D eigenvalue weighted by Gasteiger charge is 2.44. The molecular weight excluding hydrogens is 244 g/mol. The number of ether oxygens (including phenoxy) is 3. The summed E-state index contributed by atoms with van der Waals surface area (Å²) < 4.78 is 16.6. The molecule has 0 spiro atoms. The van der Waals surface area contributed by atoms with Crippen LogP contribution in [-0.2, 0) is 19.0 Å². The average Bonchev–Trinajstić information content (AvgIpc) is 2.80. The Balaban J connectivity index is 2.16. The second kappa shape index (κ2) is 5.63. The van der Waals surface area contributed by atoms with Crippen LogP contribution in [0.15, 0.2) is 11.1 Å². The molecule has 0 aromatic rings. The third-order valence-electron chi connectivity index (χ3n) is 4.45. The molecule has 108 valence electrons. The molecule has 1 unspecified atom stereocenters. The van der Waals surface area contributed by atoms with E-state index in [0.29, 0.717) is 25.7 Å². The van der Waals surface area contributed by atoms with E-state index in [9.17, 15) is 4.79 Å². The lowest BCUT2D eigenvalue weighted by Gasteiger charge is -2.43. The van der Waals surface area contributed by atoms with Crippen LogP contribution in [0.1, 0.15) is 40.5 Å². The van der Waals surface area contributed by atoms with Gasteiger partial charge in [-0.15, -0.1) is 0 Å². The van der Waals surface area contributed by atoms with Crippen LogP contribution in [0.25, 0.3) is 0 Å². The van der Waals surface area contributed by atoms with Gasteiger partial charge in [0.15, 0.2) is 6.29 Å². The first-order valence-corrected chi connectivity index (χ1v) is 6.98. The van der Waals surface area contributed by atoms with Crippen molar-refractivity contribution in [2.24, 2.45) is 11.3 Å². The van der Waals surface area contributed by atoms with E-state index in [4.69, 9.17) is 14.2 Å². The molecule has 1 heterocycles. The molecule has 0 bridgehead atoms. The fourth-order valence-corrected chi connectivity index (χ4v) is 3.23. The SMILES string of the molecule is CC(=O)OCC1=C(C)CCC(C2OCCO2)C1(C)C. The summed E-state index contributed by atoms with van der Waals surface area (Å²) in [6, 6.07) is 0. The zero-order valence-corrected chi connectivity index (χ0v) is 12.3. The van der Waals surface area contributed by atoms with E-state index >= 15 is 0 Å². The lowest BCUT2D eigenvalue weighted by Crippen LogP contribution is -2.40. The second-order valence-corrected chi connectivity index (χ2v) is 6.02. The molecule has 0 radical (unpaired) electrons. The van der Waals surface area contributed by atoms with Gasteiger partial charge in [-0.1, -0.05) is 19.4 Å². The second-order valence-electron chi connectivity index (χ2n) is 6.02. The maximum absolute atomic E-state index is 11.0. The topological polar surface area (TPSA) is 44.8 Å². The van der Waals surface area contributed by atoms with Crippen molar-refractivity contribution in [2.45, 2.75) is 46.8 Å². The number of hydrogen-bond acceptors (Lipinski definition) is 4. The molecule has 1 atom stereocenters. The lowest BCUT2D eigenvalue weighted by molar-refractivity contribution is -0.141. The summed E-state index contributed by atoms with van der Waals surface area (Å²) in [5, 5.41) is 0. The van der Waals surface area contributed by atoms with Gasteiger partial charge in [0.1, 0.15) is 6.61 Å². The van der Waals surface area contributed by atoms with Crippen LogP contribution in [0.4, 0.5) is 0 Å². The average molecular weight is 268 g/mol. The minimum atomic E-state index is -0.230. The Hall–Kier alpha value is -0.870. The van der Waals surface area contributed by atoms with Crippen LogP contribution in [0.5, 0.6) is 0 Å². The molecule has 1 fully saturated rings. The van der Waals surface area contributed by atoms with Crippen LogP contribution < -0.4 is 0 Å². The maximum atomic E-state index is 11.0. The number of carbonyl (C=O) groups excluding carboxylic acids is 1. The predicted molar refractivity (Wildman–Crippen MR) is 71.5 cm³/mol. The quantitative estimate of drug-likeness (QED) is 0.583. The van der Waals surface area contributed by atoms with Crippen molar-refractivity contribution >= 4 is 5.97 Å². The van der Waals surface area contributed by atoms with Crippen molar-refractivity contribution in [3.63, 3.8) is 0 Å². The smallest absolute Gasteiger partial charge is 0.302 e. The Morgan fingerprint density at radius 2 is 2.00 bits per heavy atom. The first-order chi connectivity index (χ1) is 8.93. The Bertz CT molecular complexity index is 378. The summed E-state index contributed by atoms with van der Waals surface area (Å²) in [4.78, 5) is 11.0. The standard InChI is InChI=1S/C15H24O4/c1-10-5-6-12(14-17-7-8-18-14)15(3,4)13(10)9-19-11(2)16/h12,14H,5-9H2,1-4H3. The monoisotopic (exact) mass is 268 g/mol. The first kappa shape index (κ1) is 14.5. The van der Waals surface area contributed by atoms with Gasteiger partial charge < -0.3 is 14.2 Å². The normalized spacial score (nSPS) is 27.7. The van der Waals surface area contributed by atoms with Crippen molar-refractivity contribution in [3.05, 3.63) is 11.1 Å². The van der Waals surface area contributed by atoms with E-state index in [1.807, 2.05) is 0 Å². The molecule has 2 aliphatic rings. The molecule has 0 amide bonds. The highest BCUT2D eigenvalue weighted by molar-refractivity contribution is 5.66. The van der Waals surface area contributed by atoms with Gasteiger partial charge in [-0.05, 0) is 30.8 Å². The number of esters is 1. The van der Waals surface area contributed by atoms with Crippen LogP contribution >= 0.6 is 0 Å². The van der Waals surface area contributed by atoms with Crippen LogP contribution in [0.3, 0.4) is 0 Å². The van der Waals surface area contributed by atoms with Gasteiger partial charge in [0.2, 0.25) is 0 Å². The molecule has 1 saturated heterocycles. The van der Waals surface area contributed by atoms with Crippen molar-refractivity contribution in [1.82, 2.24) is 0 Å². The van der Waals surface area contributed by atoms with Crippen molar-refractivity contribution in [3.8, 4) is 0 Å². The minimum absolute atomic E-state index is 0.0627. The molecule has 4 heteroatoms. The van der Waals surface area contributed by atoms with E-state index in [-0.39, 0.29) is 17.7 Å².